The van der Waals surface area contributed by atoms with E-state index in [-0.39, 0.29) is 0 Å². The van der Waals surface area contributed by atoms with Crippen LogP contribution >= 0.6 is 12.6 Å². The zero-order chi connectivity index (χ0) is 8.10. The van der Waals surface area contributed by atoms with E-state index in [9.17, 15) is 4.39 Å². The Morgan fingerprint density at radius 2 is 2.45 bits per heavy atom. The first-order chi connectivity index (χ1) is 5.33. The van der Waals surface area contributed by atoms with Gasteiger partial charge in [0.1, 0.15) is 0 Å². The quantitative estimate of drug-likeness (QED) is 0.529. The molecule has 1 nitrogen and oxygen atoms in total. The minimum atomic E-state index is -0.452. The van der Waals surface area contributed by atoms with E-state index >= 15 is 0 Å². The first kappa shape index (κ1) is 8.27. The van der Waals surface area contributed by atoms with Crippen molar-refractivity contribution >= 4 is 18.7 Å². The van der Waals surface area contributed by atoms with Crippen LogP contribution < -0.4 is 0 Å². The number of nitrogens with zero attached hydrogens (tertiary/aromatic N) is 1. The summed E-state index contributed by atoms with van der Waals surface area (Å²) in [7, 11) is 0. The molecule has 3 heteroatoms. The van der Waals surface area contributed by atoms with Gasteiger partial charge in [-0.3, -0.25) is 0 Å². The van der Waals surface area contributed by atoms with E-state index in [2.05, 4.69) is 17.6 Å². The van der Waals surface area contributed by atoms with Gasteiger partial charge in [0.25, 0.3) is 0 Å². The van der Waals surface area contributed by atoms with Crippen LogP contribution in [-0.4, -0.2) is 10.7 Å². The zero-order valence-electron chi connectivity index (χ0n) is 5.87. The lowest BCUT2D eigenvalue weighted by molar-refractivity contribution is 0.583. The Hall–Kier alpha value is -0.830. The van der Waals surface area contributed by atoms with E-state index in [1.807, 2.05) is 6.08 Å². The molecule has 58 valence electrons. The first-order valence-corrected chi connectivity index (χ1v) is 3.85. The lowest BCUT2D eigenvalue weighted by Crippen LogP contribution is -1.81. The van der Waals surface area contributed by atoms with E-state index in [0.717, 1.165) is 5.56 Å². The number of hydrogen-bond acceptors (Lipinski definition) is 2. The minimum absolute atomic E-state index is 0.452. The summed E-state index contributed by atoms with van der Waals surface area (Å²) in [5.41, 5.74) is 0.812. The van der Waals surface area contributed by atoms with Gasteiger partial charge in [0.2, 0.25) is 5.95 Å². The van der Waals surface area contributed by atoms with Gasteiger partial charge >= 0.3 is 0 Å². The van der Waals surface area contributed by atoms with Crippen molar-refractivity contribution in [2.45, 2.75) is 0 Å². The van der Waals surface area contributed by atoms with Crippen LogP contribution in [-0.2, 0) is 0 Å². The average molecular weight is 169 g/mol. The standard InChI is InChI=1S/C8H8FNS/c9-8-6-7(2-1-5-11)3-4-10-8/h1-4,6,11H,5H2. The number of aromatic nitrogens is 1. The van der Waals surface area contributed by atoms with Gasteiger partial charge in [0.05, 0.1) is 0 Å². The molecule has 1 rings (SSSR count). The molecular formula is C8H8FNS. The van der Waals surface area contributed by atoms with Gasteiger partial charge in [-0.15, -0.1) is 0 Å². The molecule has 0 aliphatic heterocycles. The summed E-state index contributed by atoms with van der Waals surface area (Å²) in [6.07, 6.45) is 5.09. The molecule has 0 amide bonds. The molecule has 0 atom stereocenters. The maximum Gasteiger partial charge on any atom is 0.213 e. The smallest absolute Gasteiger partial charge is 0.213 e. The molecule has 0 bridgehead atoms. The van der Waals surface area contributed by atoms with Crippen molar-refractivity contribution < 1.29 is 4.39 Å². The van der Waals surface area contributed by atoms with Gasteiger partial charge in [0, 0.05) is 18.0 Å². The third kappa shape index (κ3) is 2.72. The highest BCUT2D eigenvalue weighted by Gasteiger charge is 1.89. The van der Waals surface area contributed by atoms with Crippen molar-refractivity contribution in [3.05, 3.63) is 35.9 Å². The fraction of sp³-hybridized carbons (Fsp3) is 0.125. The summed E-state index contributed by atoms with van der Waals surface area (Å²) in [4.78, 5) is 3.43. The van der Waals surface area contributed by atoms with Crippen molar-refractivity contribution in [2.75, 3.05) is 5.75 Å². The fourth-order valence-corrected chi connectivity index (χ4v) is 0.815. The second kappa shape index (κ2) is 4.13. The van der Waals surface area contributed by atoms with Crippen LogP contribution in [0.3, 0.4) is 0 Å². The second-order valence-corrected chi connectivity index (χ2v) is 2.36. The molecule has 0 aromatic carbocycles. The number of pyridine rings is 1. The normalized spacial score (nSPS) is 10.7. The van der Waals surface area contributed by atoms with Crippen LogP contribution in [0.25, 0.3) is 6.08 Å². The third-order valence-electron chi connectivity index (χ3n) is 1.17. The lowest BCUT2D eigenvalue weighted by atomic mass is 10.2. The molecule has 0 aliphatic carbocycles. The summed E-state index contributed by atoms with van der Waals surface area (Å²) in [6.45, 7) is 0. The average Bonchev–Trinajstić information content (AvgIpc) is 2.01. The zero-order valence-corrected chi connectivity index (χ0v) is 6.76. The number of hydrogen-bond donors (Lipinski definition) is 1. The van der Waals surface area contributed by atoms with E-state index in [1.165, 1.54) is 12.3 Å². The monoisotopic (exact) mass is 169 g/mol. The van der Waals surface area contributed by atoms with E-state index in [1.54, 1.807) is 12.1 Å². The van der Waals surface area contributed by atoms with Gasteiger partial charge in [-0.2, -0.15) is 17.0 Å². The van der Waals surface area contributed by atoms with Crippen LogP contribution in [0.5, 0.6) is 0 Å². The highest BCUT2D eigenvalue weighted by Crippen LogP contribution is 2.02. The molecular weight excluding hydrogens is 161 g/mol. The number of thiol groups is 1. The van der Waals surface area contributed by atoms with Crippen molar-refractivity contribution in [3.63, 3.8) is 0 Å². The van der Waals surface area contributed by atoms with Crippen LogP contribution in [0, 0.1) is 5.95 Å². The molecule has 0 spiro atoms. The van der Waals surface area contributed by atoms with Gasteiger partial charge in [-0.1, -0.05) is 12.2 Å². The first-order valence-electron chi connectivity index (χ1n) is 3.22. The van der Waals surface area contributed by atoms with E-state index in [4.69, 9.17) is 0 Å². The molecule has 0 radical (unpaired) electrons. The van der Waals surface area contributed by atoms with Gasteiger partial charge < -0.3 is 0 Å². The Kier molecular flexibility index (Phi) is 3.11. The molecule has 1 aromatic heterocycles. The van der Waals surface area contributed by atoms with Crippen LogP contribution in [0.15, 0.2) is 24.4 Å². The number of halogens is 1. The van der Waals surface area contributed by atoms with Gasteiger partial charge in [-0.25, -0.2) is 4.98 Å². The SMILES string of the molecule is Fc1cc(C=CCS)ccn1. The van der Waals surface area contributed by atoms with Gasteiger partial charge in [-0.05, 0) is 11.6 Å². The highest BCUT2D eigenvalue weighted by atomic mass is 32.1. The summed E-state index contributed by atoms with van der Waals surface area (Å²) in [5.74, 6) is 0.204. The topological polar surface area (TPSA) is 12.9 Å². The predicted octanol–water partition coefficient (Wildman–Crippen LogP) is 2.16. The molecule has 0 fully saturated rings. The van der Waals surface area contributed by atoms with E-state index in [0.29, 0.717) is 5.75 Å². The summed E-state index contributed by atoms with van der Waals surface area (Å²) >= 11 is 3.98. The Morgan fingerprint density at radius 3 is 3.09 bits per heavy atom. The van der Waals surface area contributed by atoms with Crippen LogP contribution in [0.4, 0.5) is 4.39 Å². The Labute approximate surface area is 70.4 Å². The maximum atomic E-state index is 12.4. The lowest BCUT2D eigenvalue weighted by Gasteiger charge is -1.90. The fourth-order valence-electron chi connectivity index (χ4n) is 0.710. The number of rotatable bonds is 2. The molecule has 0 aliphatic rings. The Bertz CT molecular complexity index is 260. The predicted molar refractivity (Wildman–Crippen MR) is 47.1 cm³/mol. The molecule has 0 N–H and O–H groups in total. The largest absolute Gasteiger partial charge is 0.228 e. The van der Waals surface area contributed by atoms with Crippen LogP contribution in [0.2, 0.25) is 0 Å². The highest BCUT2D eigenvalue weighted by molar-refractivity contribution is 7.80. The Balaban J connectivity index is 2.79. The maximum absolute atomic E-state index is 12.4. The van der Waals surface area contributed by atoms with Crippen molar-refractivity contribution in [1.82, 2.24) is 4.98 Å². The Morgan fingerprint density at radius 1 is 1.64 bits per heavy atom. The molecule has 1 aromatic rings. The molecule has 1 heterocycles. The van der Waals surface area contributed by atoms with Crippen LogP contribution in [0.1, 0.15) is 5.56 Å². The third-order valence-corrected chi connectivity index (χ3v) is 1.38. The second-order valence-electron chi connectivity index (χ2n) is 2.00. The van der Waals surface area contributed by atoms with Crippen molar-refractivity contribution in [2.24, 2.45) is 0 Å². The minimum Gasteiger partial charge on any atom is -0.228 e. The summed E-state index contributed by atoms with van der Waals surface area (Å²) in [6, 6.07) is 3.11. The molecule has 0 saturated carbocycles. The van der Waals surface area contributed by atoms with Crippen molar-refractivity contribution in [3.8, 4) is 0 Å². The van der Waals surface area contributed by atoms with Crippen molar-refractivity contribution in [1.29, 1.82) is 0 Å². The molecule has 11 heavy (non-hydrogen) atoms. The molecule has 0 saturated heterocycles. The van der Waals surface area contributed by atoms with Gasteiger partial charge in [0.15, 0.2) is 0 Å². The van der Waals surface area contributed by atoms with E-state index < -0.39 is 5.95 Å². The summed E-state index contributed by atoms with van der Waals surface area (Å²) in [5, 5.41) is 0. The summed E-state index contributed by atoms with van der Waals surface area (Å²) < 4.78 is 12.4. The molecule has 0 unspecified atom stereocenters.